The van der Waals surface area contributed by atoms with Crippen molar-refractivity contribution in [3.05, 3.63) is 17.7 Å². The second kappa shape index (κ2) is 12.1. The molecule has 0 bridgehead atoms. The number of esters is 1. The third-order valence-corrected chi connectivity index (χ3v) is 3.08. The molecular weight excluding hydrogens is 340 g/mol. The number of hydrogen-bond donors (Lipinski definition) is 0. The number of aliphatic imine (C=N–C) groups is 1. The number of carbonyl (C=O) groups is 1. The van der Waals surface area contributed by atoms with Crippen molar-refractivity contribution in [2.45, 2.75) is 6.92 Å². The van der Waals surface area contributed by atoms with E-state index in [-0.39, 0.29) is 6.61 Å². The highest BCUT2D eigenvalue weighted by Crippen LogP contribution is 2.35. The minimum atomic E-state index is -0.474. The van der Waals surface area contributed by atoms with Gasteiger partial charge in [-0.05, 0) is 6.92 Å². The number of ether oxygens (including phenoxy) is 5. The quantitative estimate of drug-likeness (QED) is 0.242. The normalized spacial score (nSPS) is 10.8. The maximum atomic E-state index is 12.3. The molecule has 0 spiro atoms. The average molecular weight is 368 g/mol. The van der Waals surface area contributed by atoms with Crippen molar-refractivity contribution < 1.29 is 28.5 Å². The molecule has 0 N–H and O–H groups in total. The van der Waals surface area contributed by atoms with Crippen molar-refractivity contribution in [3.8, 4) is 11.5 Å². The van der Waals surface area contributed by atoms with Gasteiger partial charge in [0.05, 0.1) is 37.4 Å². The maximum absolute atomic E-state index is 12.3. The van der Waals surface area contributed by atoms with E-state index < -0.39 is 5.97 Å². The monoisotopic (exact) mass is 368 g/mol. The molecule has 0 saturated carbocycles. The van der Waals surface area contributed by atoms with Crippen LogP contribution in [0, 0.1) is 0 Å². The van der Waals surface area contributed by atoms with Crippen molar-refractivity contribution in [1.29, 1.82) is 0 Å². The van der Waals surface area contributed by atoms with Gasteiger partial charge in [0.15, 0.2) is 11.5 Å². The van der Waals surface area contributed by atoms with Gasteiger partial charge in [-0.2, -0.15) is 0 Å². The summed E-state index contributed by atoms with van der Waals surface area (Å²) in [6, 6.07) is 3.24. The molecule has 0 radical (unpaired) electrons. The molecule has 0 heterocycles. The van der Waals surface area contributed by atoms with Crippen LogP contribution in [-0.2, 0) is 14.2 Å². The van der Waals surface area contributed by atoms with Crippen LogP contribution in [0.5, 0.6) is 11.5 Å². The fourth-order valence-corrected chi connectivity index (χ4v) is 1.90. The van der Waals surface area contributed by atoms with Gasteiger partial charge in [0.2, 0.25) is 0 Å². The van der Waals surface area contributed by atoms with E-state index in [1.54, 1.807) is 44.5 Å². The summed E-state index contributed by atoms with van der Waals surface area (Å²) in [5.41, 5.74) is 0.736. The molecular formula is C18H28N2O6. The molecule has 0 fully saturated rings. The highest BCUT2D eigenvalue weighted by atomic mass is 16.6. The van der Waals surface area contributed by atoms with E-state index in [1.807, 2.05) is 14.1 Å². The predicted octanol–water partition coefficient (Wildman–Crippen LogP) is 2.14. The lowest BCUT2D eigenvalue weighted by Gasteiger charge is -2.16. The van der Waals surface area contributed by atoms with Crippen LogP contribution in [-0.4, -0.2) is 78.6 Å². The smallest absolute Gasteiger partial charge is 0.340 e. The van der Waals surface area contributed by atoms with Crippen molar-refractivity contribution in [1.82, 2.24) is 4.90 Å². The molecule has 1 rings (SSSR count). The number of nitrogens with zero attached hydrogens (tertiary/aromatic N) is 2. The molecule has 26 heavy (non-hydrogen) atoms. The summed E-state index contributed by atoms with van der Waals surface area (Å²) < 4.78 is 26.6. The third kappa shape index (κ3) is 7.28. The molecule has 0 amide bonds. The first-order valence-corrected chi connectivity index (χ1v) is 8.32. The highest BCUT2D eigenvalue weighted by molar-refractivity contribution is 5.96. The molecule has 1 aromatic rings. The van der Waals surface area contributed by atoms with E-state index in [4.69, 9.17) is 23.7 Å². The molecule has 0 aliphatic heterocycles. The minimum Gasteiger partial charge on any atom is -0.487 e. The number of benzene rings is 1. The van der Waals surface area contributed by atoms with Crippen LogP contribution in [0.15, 0.2) is 17.1 Å². The van der Waals surface area contributed by atoms with Crippen LogP contribution in [0.4, 0.5) is 5.69 Å². The standard InChI is InChI=1S/C18H28N2O6/c1-6-24-18(21)14-11-16(25-9-7-22-4)17(26-10-8-23-5)12-15(14)19-13-20(2)3/h11-13H,6-10H2,1-5H3. The summed E-state index contributed by atoms with van der Waals surface area (Å²) in [5, 5.41) is 0. The first-order valence-electron chi connectivity index (χ1n) is 8.32. The zero-order valence-electron chi connectivity index (χ0n) is 16.1. The van der Waals surface area contributed by atoms with Crippen LogP contribution in [0.3, 0.4) is 0 Å². The van der Waals surface area contributed by atoms with Crippen LogP contribution in [0.25, 0.3) is 0 Å². The number of hydrogen-bond acceptors (Lipinski definition) is 7. The molecule has 0 unspecified atom stereocenters. The number of rotatable bonds is 12. The lowest BCUT2D eigenvalue weighted by Crippen LogP contribution is -2.11. The van der Waals surface area contributed by atoms with Gasteiger partial charge in [-0.15, -0.1) is 0 Å². The van der Waals surface area contributed by atoms with Gasteiger partial charge in [0.1, 0.15) is 13.2 Å². The molecule has 0 aromatic heterocycles. The first-order chi connectivity index (χ1) is 12.5. The van der Waals surface area contributed by atoms with E-state index in [0.29, 0.717) is 49.2 Å². The summed E-state index contributed by atoms with van der Waals surface area (Å²) in [7, 11) is 6.86. The number of carbonyl (C=O) groups excluding carboxylic acids is 1. The Morgan fingerprint density at radius 1 is 1.04 bits per heavy atom. The van der Waals surface area contributed by atoms with Gasteiger partial charge >= 0.3 is 5.97 Å². The van der Waals surface area contributed by atoms with E-state index in [0.717, 1.165) is 0 Å². The summed E-state index contributed by atoms with van der Waals surface area (Å²) in [6.45, 7) is 3.51. The Kier molecular flexibility index (Phi) is 10.1. The van der Waals surface area contributed by atoms with Gasteiger partial charge in [0.25, 0.3) is 0 Å². The Morgan fingerprint density at radius 2 is 1.62 bits per heavy atom. The molecule has 1 aromatic carbocycles. The van der Waals surface area contributed by atoms with Gasteiger partial charge < -0.3 is 28.6 Å². The average Bonchev–Trinajstić information content (AvgIpc) is 2.61. The Balaban J connectivity index is 3.25. The zero-order chi connectivity index (χ0) is 19.4. The molecule has 0 saturated heterocycles. The lowest BCUT2D eigenvalue weighted by molar-refractivity contribution is 0.0526. The summed E-state index contributed by atoms with van der Waals surface area (Å²) in [4.78, 5) is 18.4. The van der Waals surface area contributed by atoms with Gasteiger partial charge in [-0.1, -0.05) is 0 Å². The topological polar surface area (TPSA) is 78.8 Å². The molecule has 146 valence electrons. The van der Waals surface area contributed by atoms with E-state index in [1.165, 1.54) is 0 Å². The first kappa shape index (κ1) is 21.7. The largest absolute Gasteiger partial charge is 0.487 e. The minimum absolute atomic E-state index is 0.265. The Labute approximate surface area is 154 Å². The Morgan fingerprint density at radius 3 is 2.12 bits per heavy atom. The molecule has 0 aliphatic carbocycles. The fourth-order valence-electron chi connectivity index (χ4n) is 1.90. The lowest BCUT2D eigenvalue weighted by atomic mass is 10.1. The van der Waals surface area contributed by atoms with Gasteiger partial charge in [0, 0.05) is 40.4 Å². The number of methoxy groups -OCH3 is 2. The zero-order valence-corrected chi connectivity index (χ0v) is 16.1. The van der Waals surface area contributed by atoms with Crippen molar-refractivity contribution >= 4 is 18.0 Å². The fraction of sp³-hybridized carbons (Fsp3) is 0.556. The summed E-state index contributed by atoms with van der Waals surface area (Å²) >= 11 is 0. The van der Waals surface area contributed by atoms with Gasteiger partial charge in [-0.25, -0.2) is 9.79 Å². The molecule has 8 heteroatoms. The summed E-state index contributed by atoms with van der Waals surface area (Å²) in [6.07, 6.45) is 1.60. The second-order valence-corrected chi connectivity index (χ2v) is 5.43. The van der Waals surface area contributed by atoms with Crippen molar-refractivity contribution in [2.24, 2.45) is 4.99 Å². The SMILES string of the molecule is CCOC(=O)c1cc(OCCOC)c(OCCOC)cc1N=CN(C)C. The van der Waals surface area contributed by atoms with E-state index in [2.05, 4.69) is 4.99 Å². The van der Waals surface area contributed by atoms with Crippen molar-refractivity contribution in [2.75, 3.05) is 61.3 Å². The second-order valence-electron chi connectivity index (χ2n) is 5.43. The van der Waals surface area contributed by atoms with Crippen molar-refractivity contribution in [3.63, 3.8) is 0 Å². The Hall–Kier alpha value is -2.32. The predicted molar refractivity (Wildman–Crippen MR) is 99.0 cm³/mol. The van der Waals surface area contributed by atoms with Crippen LogP contribution < -0.4 is 9.47 Å². The van der Waals surface area contributed by atoms with Crippen LogP contribution in [0.1, 0.15) is 17.3 Å². The van der Waals surface area contributed by atoms with Gasteiger partial charge in [-0.3, -0.25) is 0 Å². The summed E-state index contributed by atoms with van der Waals surface area (Å²) in [5.74, 6) is 0.417. The third-order valence-electron chi connectivity index (χ3n) is 3.08. The maximum Gasteiger partial charge on any atom is 0.340 e. The Bertz CT molecular complexity index is 589. The van der Waals surface area contributed by atoms with Crippen LogP contribution in [0.2, 0.25) is 0 Å². The van der Waals surface area contributed by atoms with E-state index in [9.17, 15) is 4.79 Å². The highest BCUT2D eigenvalue weighted by Gasteiger charge is 2.18. The van der Waals surface area contributed by atoms with Crippen LogP contribution >= 0.6 is 0 Å². The molecule has 0 atom stereocenters. The molecule has 0 aliphatic rings. The molecule has 8 nitrogen and oxygen atoms in total. The van der Waals surface area contributed by atoms with E-state index >= 15 is 0 Å².